The Balaban J connectivity index is 2.34. The number of hydrogen-bond donors (Lipinski definition) is 1. The van der Waals surface area contributed by atoms with E-state index in [1.165, 1.54) is 32.4 Å². The third kappa shape index (κ3) is 2.97. The van der Waals surface area contributed by atoms with Crippen molar-refractivity contribution in [1.82, 2.24) is 9.13 Å². The van der Waals surface area contributed by atoms with Crippen molar-refractivity contribution in [1.29, 1.82) is 0 Å². The predicted molar refractivity (Wildman–Crippen MR) is 76.6 cm³/mol. The van der Waals surface area contributed by atoms with Crippen molar-refractivity contribution in [3.05, 3.63) is 39.6 Å². The summed E-state index contributed by atoms with van der Waals surface area (Å²) in [6, 6.07) is 1.86. The smallest absolute Gasteiger partial charge is 0.332 e. The minimum absolute atomic E-state index is 0.274. The molecule has 0 amide bonds. The molecule has 19 heavy (non-hydrogen) atoms. The average molecular weight is 263 g/mol. The van der Waals surface area contributed by atoms with Crippen molar-refractivity contribution in [2.24, 2.45) is 7.05 Å². The van der Waals surface area contributed by atoms with E-state index in [1.54, 1.807) is 10.6 Å². The first-order valence-corrected chi connectivity index (χ1v) is 6.82. The maximum atomic E-state index is 12.1. The van der Waals surface area contributed by atoms with E-state index in [2.05, 4.69) is 11.9 Å². The second-order valence-electron chi connectivity index (χ2n) is 5.09. The molecule has 104 valence electrons. The molecule has 0 aromatic carbocycles. The van der Waals surface area contributed by atoms with Gasteiger partial charge in [0.1, 0.15) is 5.82 Å². The van der Waals surface area contributed by atoms with Crippen LogP contribution < -0.4 is 16.6 Å². The molecule has 2 rings (SSSR count). The Kier molecular flexibility index (Phi) is 4.24. The first kappa shape index (κ1) is 13.6. The van der Waals surface area contributed by atoms with Gasteiger partial charge in [-0.2, -0.15) is 0 Å². The zero-order chi connectivity index (χ0) is 13.8. The molecule has 0 atom stereocenters. The van der Waals surface area contributed by atoms with Crippen molar-refractivity contribution < 1.29 is 0 Å². The van der Waals surface area contributed by atoms with Crippen LogP contribution in [0, 0.1) is 0 Å². The number of hydrogen-bond acceptors (Lipinski definition) is 3. The van der Waals surface area contributed by atoms with Crippen molar-refractivity contribution in [2.75, 3.05) is 5.32 Å². The zero-order valence-corrected chi connectivity index (χ0v) is 11.4. The highest BCUT2D eigenvalue weighted by molar-refractivity contribution is 5.35. The Morgan fingerprint density at radius 3 is 2.68 bits per heavy atom. The van der Waals surface area contributed by atoms with Crippen molar-refractivity contribution >= 4 is 5.82 Å². The van der Waals surface area contributed by atoms with E-state index in [0.717, 1.165) is 17.4 Å². The molecular formula is C14H21N3O2. The minimum atomic E-state index is -0.300. The third-order valence-electron chi connectivity index (χ3n) is 3.67. The van der Waals surface area contributed by atoms with E-state index >= 15 is 0 Å². The van der Waals surface area contributed by atoms with Gasteiger partial charge in [0.15, 0.2) is 0 Å². The molecule has 0 unspecified atom stereocenters. The van der Waals surface area contributed by atoms with Crippen LogP contribution in [0.15, 0.2) is 28.3 Å². The van der Waals surface area contributed by atoms with Crippen LogP contribution in [0.2, 0.25) is 0 Å². The topological polar surface area (TPSA) is 56.0 Å². The first-order chi connectivity index (χ1) is 9.13. The average Bonchev–Trinajstić information content (AvgIpc) is 2.42. The Morgan fingerprint density at radius 2 is 2.05 bits per heavy atom. The monoisotopic (exact) mass is 263 g/mol. The van der Waals surface area contributed by atoms with Gasteiger partial charge in [0.25, 0.3) is 5.56 Å². The molecule has 1 aliphatic carbocycles. The number of allylic oxidation sites excluding steroid dienone is 1. The molecule has 0 saturated heterocycles. The van der Waals surface area contributed by atoms with E-state index in [0.29, 0.717) is 18.4 Å². The van der Waals surface area contributed by atoms with Gasteiger partial charge in [-0.1, -0.05) is 25.3 Å². The number of nitrogens with zero attached hydrogens (tertiary/aromatic N) is 2. The fraction of sp³-hybridized carbons (Fsp3) is 0.571. The Labute approximate surface area is 112 Å². The lowest BCUT2D eigenvalue weighted by molar-refractivity contribution is 0.459. The molecule has 0 aliphatic heterocycles. The van der Waals surface area contributed by atoms with Crippen molar-refractivity contribution in [2.45, 2.75) is 44.7 Å². The number of aromatic nitrogens is 2. The Bertz CT molecular complexity index is 565. The molecule has 5 nitrogen and oxygen atoms in total. The molecule has 0 spiro atoms. The minimum Gasteiger partial charge on any atom is -0.368 e. The lowest BCUT2D eigenvalue weighted by Gasteiger charge is -2.25. The van der Waals surface area contributed by atoms with Gasteiger partial charge in [-0.3, -0.25) is 13.9 Å². The number of rotatable bonds is 4. The quantitative estimate of drug-likeness (QED) is 0.837. The summed E-state index contributed by atoms with van der Waals surface area (Å²) >= 11 is 0. The van der Waals surface area contributed by atoms with Gasteiger partial charge in [-0.05, 0) is 12.8 Å². The van der Waals surface area contributed by atoms with E-state index in [-0.39, 0.29) is 11.2 Å². The maximum absolute atomic E-state index is 12.1. The summed E-state index contributed by atoms with van der Waals surface area (Å²) in [6.45, 7) is 4.07. The molecule has 1 aliphatic rings. The summed E-state index contributed by atoms with van der Waals surface area (Å²) < 4.78 is 2.68. The summed E-state index contributed by atoms with van der Waals surface area (Å²) in [6.07, 6.45) is 7.53. The highest BCUT2D eigenvalue weighted by Crippen LogP contribution is 2.20. The van der Waals surface area contributed by atoms with Gasteiger partial charge in [-0.15, -0.1) is 6.58 Å². The SMILES string of the molecule is C=CCn1c(NC2CCCCC2)cc(=O)n(C)c1=O. The van der Waals surface area contributed by atoms with Gasteiger partial charge in [0, 0.05) is 25.7 Å². The molecule has 0 bridgehead atoms. The van der Waals surface area contributed by atoms with Crippen LogP contribution in [0.5, 0.6) is 0 Å². The van der Waals surface area contributed by atoms with E-state index in [1.807, 2.05) is 0 Å². The molecule has 1 heterocycles. The van der Waals surface area contributed by atoms with Crippen molar-refractivity contribution in [3.8, 4) is 0 Å². The van der Waals surface area contributed by atoms with Gasteiger partial charge >= 0.3 is 5.69 Å². The highest BCUT2D eigenvalue weighted by atomic mass is 16.2. The van der Waals surface area contributed by atoms with Crippen LogP contribution in [0.25, 0.3) is 0 Å². The highest BCUT2D eigenvalue weighted by Gasteiger charge is 2.16. The zero-order valence-electron chi connectivity index (χ0n) is 11.4. The van der Waals surface area contributed by atoms with Gasteiger partial charge in [-0.25, -0.2) is 4.79 Å². The maximum Gasteiger partial charge on any atom is 0.332 e. The second-order valence-corrected chi connectivity index (χ2v) is 5.09. The number of nitrogens with one attached hydrogen (secondary N) is 1. The summed E-state index contributed by atoms with van der Waals surface area (Å²) in [4.78, 5) is 23.8. The van der Waals surface area contributed by atoms with Crippen molar-refractivity contribution in [3.63, 3.8) is 0 Å². The van der Waals surface area contributed by atoms with Crippen LogP contribution in [-0.2, 0) is 13.6 Å². The first-order valence-electron chi connectivity index (χ1n) is 6.82. The fourth-order valence-electron chi connectivity index (χ4n) is 2.55. The van der Waals surface area contributed by atoms with Crippen LogP contribution in [0.1, 0.15) is 32.1 Å². The van der Waals surface area contributed by atoms with E-state index in [9.17, 15) is 9.59 Å². The molecule has 1 N–H and O–H groups in total. The second kappa shape index (κ2) is 5.91. The van der Waals surface area contributed by atoms with Crippen LogP contribution in [-0.4, -0.2) is 15.2 Å². The molecule has 0 radical (unpaired) electrons. The van der Waals surface area contributed by atoms with Crippen LogP contribution in [0.3, 0.4) is 0 Å². The lowest BCUT2D eigenvalue weighted by atomic mass is 9.95. The molecular weight excluding hydrogens is 242 g/mol. The van der Waals surface area contributed by atoms with Gasteiger partial charge < -0.3 is 5.32 Å². The predicted octanol–water partition coefficient (Wildman–Crippen LogP) is 1.48. The summed E-state index contributed by atoms with van der Waals surface area (Å²) in [5.74, 6) is 0.611. The normalized spacial score (nSPS) is 16.3. The Hall–Kier alpha value is -1.78. The van der Waals surface area contributed by atoms with Crippen LogP contribution >= 0.6 is 0 Å². The molecule has 1 aromatic rings. The lowest BCUT2D eigenvalue weighted by Crippen LogP contribution is -2.39. The molecule has 5 heteroatoms. The standard InChI is InChI=1S/C14H21N3O2/c1-3-9-17-12(10-13(18)16(2)14(17)19)15-11-7-5-4-6-8-11/h3,10-11,15H,1,4-9H2,2H3. The van der Waals surface area contributed by atoms with E-state index in [4.69, 9.17) is 0 Å². The third-order valence-corrected chi connectivity index (χ3v) is 3.67. The largest absolute Gasteiger partial charge is 0.368 e. The summed E-state index contributed by atoms with van der Waals surface area (Å²) in [5, 5.41) is 3.34. The summed E-state index contributed by atoms with van der Waals surface area (Å²) in [5.41, 5.74) is -0.575. The molecule has 1 saturated carbocycles. The summed E-state index contributed by atoms with van der Waals surface area (Å²) in [7, 11) is 1.49. The molecule has 1 fully saturated rings. The van der Waals surface area contributed by atoms with Gasteiger partial charge in [0.05, 0.1) is 0 Å². The fourth-order valence-corrected chi connectivity index (χ4v) is 2.55. The van der Waals surface area contributed by atoms with Crippen LogP contribution in [0.4, 0.5) is 5.82 Å². The Morgan fingerprint density at radius 1 is 1.37 bits per heavy atom. The number of anilines is 1. The molecule has 1 aromatic heterocycles. The van der Waals surface area contributed by atoms with Gasteiger partial charge in [0.2, 0.25) is 0 Å². The van der Waals surface area contributed by atoms with E-state index < -0.39 is 0 Å².